The van der Waals surface area contributed by atoms with Crippen LogP contribution in [0.15, 0.2) is 21.7 Å². The van der Waals surface area contributed by atoms with Crippen LogP contribution in [0.25, 0.3) is 0 Å². The number of hydrogen-bond acceptors (Lipinski definition) is 8. The first kappa shape index (κ1) is 19.1. The predicted octanol–water partition coefficient (Wildman–Crippen LogP) is -1.07. The van der Waals surface area contributed by atoms with Crippen molar-refractivity contribution in [2.75, 3.05) is 10.9 Å². The molecule has 0 bridgehead atoms. The Hall–Kier alpha value is -3.26. The smallest absolute Gasteiger partial charge is 0.268 e. The molecule has 2 aromatic heterocycles. The van der Waals surface area contributed by atoms with Crippen molar-refractivity contribution >= 4 is 36.3 Å². The average molecular weight is 396 g/mol. The number of nitrogens with zero attached hydrogens (tertiary/aromatic N) is 4. The fourth-order valence-electron chi connectivity index (χ4n) is 1.62. The van der Waals surface area contributed by atoms with Gasteiger partial charge in [0.2, 0.25) is 9.54 Å². The summed E-state index contributed by atoms with van der Waals surface area (Å²) in [5.41, 5.74) is 3.31. The molecule has 0 fully saturated rings. The third kappa shape index (κ3) is 4.22. The van der Waals surface area contributed by atoms with Gasteiger partial charge < -0.3 is 0 Å². The number of aromatic nitrogens is 6. The van der Waals surface area contributed by atoms with Crippen LogP contribution in [-0.4, -0.2) is 41.6 Å². The van der Waals surface area contributed by atoms with Crippen LogP contribution in [0.1, 0.15) is 11.4 Å². The average Bonchev–Trinajstić information content (AvgIpc) is 2.60. The second-order valence-corrected chi connectivity index (χ2v) is 5.57. The van der Waals surface area contributed by atoms with Crippen LogP contribution in [0.2, 0.25) is 0 Å². The number of aryl methyl sites for hydroxylation is 2. The summed E-state index contributed by atoms with van der Waals surface area (Å²) in [4.78, 5) is 47.4. The molecule has 26 heavy (non-hydrogen) atoms. The minimum absolute atomic E-state index is 0.0854. The summed E-state index contributed by atoms with van der Waals surface area (Å²) < 4.78 is 1.29. The minimum atomic E-state index is -0.809. The lowest BCUT2D eigenvalue weighted by Gasteiger charge is -2.07. The normalized spacial score (nSPS) is 10.7. The fraction of sp³-hybridized carbons (Fsp3) is 0.167. The van der Waals surface area contributed by atoms with Gasteiger partial charge in [-0.25, -0.2) is 0 Å². The zero-order valence-corrected chi connectivity index (χ0v) is 15.0. The lowest BCUT2D eigenvalue weighted by molar-refractivity contribution is -0.115. The van der Waals surface area contributed by atoms with Crippen LogP contribution < -0.4 is 22.0 Å². The summed E-state index contributed by atoms with van der Waals surface area (Å²) in [6.45, 7) is 2.86. The highest BCUT2D eigenvalue weighted by molar-refractivity contribution is 7.71. The van der Waals surface area contributed by atoms with E-state index in [2.05, 4.69) is 31.2 Å². The number of aromatic amines is 2. The Balaban J connectivity index is 2.13. The Morgan fingerprint density at radius 3 is 1.58 bits per heavy atom. The molecule has 136 valence electrons. The first-order chi connectivity index (χ1) is 12.2. The molecule has 0 atom stereocenters. The van der Waals surface area contributed by atoms with Gasteiger partial charge in [-0.2, -0.15) is 19.5 Å². The maximum absolute atomic E-state index is 11.8. The van der Waals surface area contributed by atoms with Gasteiger partial charge >= 0.3 is 0 Å². The highest BCUT2D eigenvalue weighted by Gasteiger charge is 2.08. The first-order valence-corrected chi connectivity index (χ1v) is 7.69. The molecule has 0 saturated heterocycles. The molecule has 4 N–H and O–H groups in total. The van der Waals surface area contributed by atoms with Gasteiger partial charge in [-0.05, 0) is 38.3 Å². The van der Waals surface area contributed by atoms with Crippen molar-refractivity contribution in [3.63, 3.8) is 0 Å². The van der Waals surface area contributed by atoms with E-state index in [-0.39, 0.29) is 20.9 Å². The van der Waals surface area contributed by atoms with E-state index < -0.39 is 22.9 Å². The predicted molar refractivity (Wildman–Crippen MR) is 94.7 cm³/mol. The summed E-state index contributed by atoms with van der Waals surface area (Å²) in [6.07, 6.45) is 1.69. The first-order valence-electron chi connectivity index (χ1n) is 6.87. The molecular formula is C12H12N8O4S2. The molecule has 0 aliphatic carbocycles. The summed E-state index contributed by atoms with van der Waals surface area (Å²) in [6, 6.07) is 0. The Morgan fingerprint density at radius 1 is 0.885 bits per heavy atom. The molecule has 0 aliphatic heterocycles. The maximum Gasteiger partial charge on any atom is 0.295 e. The van der Waals surface area contributed by atoms with E-state index >= 15 is 0 Å². The quantitative estimate of drug-likeness (QED) is 0.375. The van der Waals surface area contributed by atoms with Gasteiger partial charge in [-0.1, -0.05) is 0 Å². The molecule has 14 heteroatoms. The van der Waals surface area contributed by atoms with Crippen molar-refractivity contribution in [1.29, 1.82) is 0 Å². The topological polar surface area (TPSA) is 160 Å². The minimum Gasteiger partial charge on any atom is -0.268 e. The van der Waals surface area contributed by atoms with Crippen LogP contribution in [0.4, 0.5) is 0 Å². The fourth-order valence-corrected chi connectivity index (χ4v) is 1.96. The Bertz CT molecular complexity index is 1050. The number of nitrogens with one attached hydrogen (secondary N) is 4. The second-order valence-electron chi connectivity index (χ2n) is 4.79. The lowest BCUT2D eigenvalue weighted by Crippen LogP contribution is -2.36. The van der Waals surface area contributed by atoms with Crippen LogP contribution >= 0.6 is 24.4 Å². The third-order valence-electron chi connectivity index (χ3n) is 2.90. The van der Waals surface area contributed by atoms with E-state index in [1.165, 1.54) is 13.8 Å². The van der Waals surface area contributed by atoms with Crippen molar-refractivity contribution in [3.8, 4) is 0 Å². The Kier molecular flexibility index (Phi) is 5.68. The van der Waals surface area contributed by atoms with Gasteiger partial charge in [-0.15, -0.1) is 0 Å². The molecule has 0 radical (unpaired) electrons. The number of H-pyrrole nitrogens is 2. The highest BCUT2D eigenvalue weighted by Crippen LogP contribution is 1.86. The Labute approximate surface area is 154 Å². The van der Waals surface area contributed by atoms with E-state index in [0.29, 0.717) is 0 Å². The number of carbonyl (C=O) groups is 2. The van der Waals surface area contributed by atoms with E-state index in [4.69, 9.17) is 24.4 Å². The van der Waals surface area contributed by atoms with E-state index in [1.54, 1.807) is 0 Å². The maximum atomic E-state index is 11.8. The number of rotatable bonds is 4. The van der Waals surface area contributed by atoms with Crippen molar-refractivity contribution in [2.45, 2.75) is 13.8 Å². The van der Waals surface area contributed by atoms with Crippen LogP contribution in [0.5, 0.6) is 0 Å². The van der Waals surface area contributed by atoms with Crippen molar-refractivity contribution < 1.29 is 9.59 Å². The van der Waals surface area contributed by atoms with Gasteiger partial charge in [0.15, 0.2) is 0 Å². The van der Waals surface area contributed by atoms with Crippen molar-refractivity contribution in [3.05, 3.63) is 53.8 Å². The second kappa shape index (κ2) is 7.75. The number of carbonyl (C=O) groups excluding carboxylic acids is 2. The van der Waals surface area contributed by atoms with Gasteiger partial charge in [0.25, 0.3) is 22.9 Å². The van der Waals surface area contributed by atoms with E-state index in [1.807, 2.05) is 0 Å². The summed E-state index contributed by atoms with van der Waals surface area (Å²) in [5.74, 6) is -1.62. The lowest BCUT2D eigenvalue weighted by atomic mass is 10.4. The van der Waals surface area contributed by atoms with Gasteiger partial charge in [-0.3, -0.25) is 40.2 Å². The van der Waals surface area contributed by atoms with Crippen LogP contribution in [0, 0.1) is 23.4 Å². The van der Waals surface area contributed by atoms with E-state index in [9.17, 15) is 19.2 Å². The highest BCUT2D eigenvalue weighted by atomic mass is 32.1. The molecular weight excluding hydrogens is 384 g/mol. The van der Waals surface area contributed by atoms with Gasteiger partial charge in [0, 0.05) is 12.2 Å². The molecule has 0 aromatic carbocycles. The van der Waals surface area contributed by atoms with Crippen molar-refractivity contribution in [2.24, 2.45) is 0 Å². The molecule has 0 spiro atoms. The molecule has 2 rings (SSSR count). The SMILES string of the molecule is Cc1n[nH]c(=S)n(NC(=O)C=CC(=O)Nn2c(=S)[nH]nc(C)c2=O)c1=O. The monoisotopic (exact) mass is 396 g/mol. The molecule has 0 unspecified atom stereocenters. The third-order valence-corrected chi connectivity index (χ3v) is 3.45. The Morgan fingerprint density at radius 2 is 1.23 bits per heavy atom. The standard InChI is InChI=1S/C12H12N8O4S2/c1-5-9(23)19(11(25)15-13-5)17-7(21)3-4-8(22)18-20-10(24)6(2)14-16-12(20)26/h3-4H,1-2H3,(H,15,25)(H,16,26)(H,17,21)(H,18,22). The summed E-state index contributed by atoms with van der Waals surface area (Å²) in [5, 5.41) is 12.0. The zero-order valence-electron chi connectivity index (χ0n) is 13.4. The number of amides is 2. The van der Waals surface area contributed by atoms with Gasteiger partial charge in [0.05, 0.1) is 0 Å². The van der Waals surface area contributed by atoms with Crippen LogP contribution in [-0.2, 0) is 9.59 Å². The molecule has 0 saturated carbocycles. The van der Waals surface area contributed by atoms with E-state index in [0.717, 1.165) is 21.5 Å². The van der Waals surface area contributed by atoms with Crippen LogP contribution in [0.3, 0.4) is 0 Å². The number of hydrogen-bond donors (Lipinski definition) is 4. The molecule has 12 nitrogen and oxygen atoms in total. The molecule has 2 aromatic rings. The zero-order chi connectivity index (χ0) is 19.4. The van der Waals surface area contributed by atoms with Gasteiger partial charge in [0.1, 0.15) is 11.4 Å². The van der Waals surface area contributed by atoms with Crippen molar-refractivity contribution in [1.82, 2.24) is 29.7 Å². The summed E-state index contributed by atoms with van der Waals surface area (Å²) in [7, 11) is 0. The summed E-state index contributed by atoms with van der Waals surface area (Å²) >= 11 is 9.70. The molecule has 2 amide bonds. The molecule has 2 heterocycles. The largest absolute Gasteiger partial charge is 0.295 e. The molecule has 0 aliphatic rings.